The largest absolute Gasteiger partial charge is 0.352 e. The van der Waals surface area contributed by atoms with Gasteiger partial charge in [-0.3, -0.25) is 4.79 Å². The fraction of sp³-hybridized carbons (Fsp3) is 0.467. The van der Waals surface area contributed by atoms with Crippen molar-refractivity contribution in [2.75, 3.05) is 6.54 Å². The Morgan fingerprint density at radius 3 is 2.77 bits per heavy atom. The van der Waals surface area contributed by atoms with Crippen LogP contribution >= 0.6 is 0 Å². The summed E-state index contributed by atoms with van der Waals surface area (Å²) in [6.07, 6.45) is 3.68. The van der Waals surface area contributed by atoms with Crippen molar-refractivity contribution in [3.8, 4) is 0 Å². The van der Waals surface area contributed by atoms with Gasteiger partial charge in [0.1, 0.15) is 10.9 Å². The number of fused-ring (bicyclic) bond motifs is 1. The molecule has 2 aliphatic heterocycles. The van der Waals surface area contributed by atoms with Crippen LogP contribution < -0.4 is 5.32 Å². The third-order valence-electron chi connectivity index (χ3n) is 4.36. The van der Waals surface area contributed by atoms with Gasteiger partial charge in [0, 0.05) is 18.2 Å². The Labute approximate surface area is 129 Å². The number of likely N-dealkylation sites (tertiary alicyclic amines) is 1. The molecule has 7 heteroatoms. The molecule has 1 aliphatic carbocycles. The Morgan fingerprint density at radius 1 is 1.23 bits per heavy atom. The zero-order valence-corrected chi connectivity index (χ0v) is 12.8. The van der Waals surface area contributed by atoms with Crippen molar-refractivity contribution in [2.24, 2.45) is 4.40 Å². The summed E-state index contributed by atoms with van der Waals surface area (Å²) in [5.41, 5.74) is 0.605. The molecule has 1 saturated heterocycles. The number of carbonyl (C=O) groups excluding carboxylic acids is 1. The van der Waals surface area contributed by atoms with Crippen LogP contribution in [0.4, 0.5) is 0 Å². The first-order valence-corrected chi connectivity index (χ1v) is 9.02. The molecule has 2 heterocycles. The number of hydrogen-bond donors (Lipinski definition) is 1. The van der Waals surface area contributed by atoms with Gasteiger partial charge in [-0.05, 0) is 37.8 Å². The van der Waals surface area contributed by atoms with E-state index in [9.17, 15) is 13.2 Å². The van der Waals surface area contributed by atoms with E-state index in [0.717, 1.165) is 25.7 Å². The number of benzene rings is 1. The van der Waals surface area contributed by atoms with Gasteiger partial charge in [0.05, 0.1) is 0 Å². The molecule has 4 rings (SSSR count). The predicted octanol–water partition coefficient (Wildman–Crippen LogP) is 0.878. The number of amidine groups is 1. The number of amides is 1. The zero-order valence-electron chi connectivity index (χ0n) is 12.0. The monoisotopic (exact) mass is 319 g/mol. The predicted molar refractivity (Wildman–Crippen MR) is 81.1 cm³/mol. The van der Waals surface area contributed by atoms with E-state index >= 15 is 0 Å². The van der Waals surface area contributed by atoms with E-state index in [-0.39, 0.29) is 16.8 Å². The first-order valence-electron chi connectivity index (χ1n) is 7.58. The highest BCUT2D eigenvalue weighted by molar-refractivity contribution is 7.90. The van der Waals surface area contributed by atoms with E-state index in [1.54, 1.807) is 24.3 Å². The van der Waals surface area contributed by atoms with Crippen molar-refractivity contribution >= 4 is 21.8 Å². The van der Waals surface area contributed by atoms with E-state index in [2.05, 4.69) is 9.71 Å². The molecule has 1 atom stereocenters. The molecule has 0 spiro atoms. The van der Waals surface area contributed by atoms with Gasteiger partial charge in [-0.25, -0.2) is 0 Å². The van der Waals surface area contributed by atoms with Gasteiger partial charge in [-0.15, -0.1) is 4.40 Å². The summed E-state index contributed by atoms with van der Waals surface area (Å²) in [5, 5.41) is 3.01. The van der Waals surface area contributed by atoms with Crippen LogP contribution in [0.2, 0.25) is 0 Å². The summed E-state index contributed by atoms with van der Waals surface area (Å²) in [4.78, 5) is 14.5. The van der Waals surface area contributed by atoms with Crippen LogP contribution in [0, 0.1) is 0 Å². The summed E-state index contributed by atoms with van der Waals surface area (Å²) in [5.74, 6) is 0.411. The lowest BCUT2D eigenvalue weighted by atomic mass is 10.1. The summed E-state index contributed by atoms with van der Waals surface area (Å²) in [6, 6.07) is 6.79. The van der Waals surface area contributed by atoms with Gasteiger partial charge in [0.2, 0.25) is 5.91 Å². The highest BCUT2D eigenvalue weighted by Crippen LogP contribution is 2.31. The zero-order chi connectivity index (χ0) is 15.3. The molecule has 0 aromatic heterocycles. The Bertz CT molecular complexity index is 768. The first kappa shape index (κ1) is 13.8. The number of nitrogens with zero attached hydrogens (tertiary/aromatic N) is 2. The average molecular weight is 319 g/mol. The van der Waals surface area contributed by atoms with Gasteiger partial charge < -0.3 is 10.2 Å². The Morgan fingerprint density at radius 2 is 2.00 bits per heavy atom. The smallest absolute Gasteiger partial charge is 0.285 e. The third kappa shape index (κ3) is 2.20. The maximum absolute atomic E-state index is 12.4. The van der Waals surface area contributed by atoms with E-state index in [1.165, 1.54) is 0 Å². The van der Waals surface area contributed by atoms with Gasteiger partial charge in [0.15, 0.2) is 5.84 Å². The maximum Gasteiger partial charge on any atom is 0.285 e. The molecule has 1 saturated carbocycles. The average Bonchev–Trinajstić information content (AvgIpc) is 3.09. The van der Waals surface area contributed by atoms with Crippen molar-refractivity contribution in [1.29, 1.82) is 0 Å². The topological polar surface area (TPSA) is 78.8 Å². The number of rotatable bonds is 2. The minimum absolute atomic E-state index is 0.00974. The minimum Gasteiger partial charge on any atom is -0.352 e. The van der Waals surface area contributed by atoms with E-state index in [4.69, 9.17) is 0 Å². The Balaban J connectivity index is 1.67. The van der Waals surface area contributed by atoms with Crippen molar-refractivity contribution in [3.63, 3.8) is 0 Å². The van der Waals surface area contributed by atoms with Crippen molar-refractivity contribution < 1.29 is 13.2 Å². The lowest BCUT2D eigenvalue weighted by Gasteiger charge is -2.25. The second-order valence-electron chi connectivity index (χ2n) is 6.02. The summed E-state index contributed by atoms with van der Waals surface area (Å²) in [7, 11) is -3.64. The number of carbonyl (C=O) groups is 1. The lowest BCUT2D eigenvalue weighted by molar-refractivity contribution is -0.124. The Kier molecular flexibility index (Phi) is 3.00. The molecule has 1 N–H and O–H groups in total. The van der Waals surface area contributed by atoms with Crippen LogP contribution in [0.5, 0.6) is 0 Å². The fourth-order valence-electron chi connectivity index (χ4n) is 3.11. The van der Waals surface area contributed by atoms with E-state index in [1.807, 2.05) is 4.90 Å². The number of nitrogens with one attached hydrogen (secondary N) is 1. The molecule has 2 fully saturated rings. The van der Waals surface area contributed by atoms with Crippen molar-refractivity contribution in [3.05, 3.63) is 29.8 Å². The number of sulfonamides is 1. The fourth-order valence-corrected chi connectivity index (χ4v) is 4.33. The maximum atomic E-state index is 12.4. The number of hydrogen-bond acceptors (Lipinski definition) is 4. The molecule has 0 radical (unpaired) electrons. The molecule has 1 aromatic rings. The molecule has 0 bridgehead atoms. The highest BCUT2D eigenvalue weighted by Gasteiger charge is 2.40. The molecular weight excluding hydrogens is 302 g/mol. The minimum atomic E-state index is -3.64. The molecule has 1 aromatic carbocycles. The normalized spacial score (nSPS) is 25.7. The van der Waals surface area contributed by atoms with Crippen LogP contribution in [0.15, 0.2) is 33.6 Å². The standard InChI is InChI=1S/C15H17N3O3S/c19-15(16-10-7-8-10)12-5-3-9-18(12)14-11-4-1-2-6-13(11)22(20,21)17-14/h1-2,4,6,10,12H,3,5,7-9H2,(H,16,19)/t12-/m0/s1. The van der Waals surface area contributed by atoms with E-state index < -0.39 is 10.0 Å². The summed E-state index contributed by atoms with van der Waals surface area (Å²) >= 11 is 0. The van der Waals surface area contributed by atoms with Gasteiger partial charge >= 0.3 is 0 Å². The van der Waals surface area contributed by atoms with E-state index in [0.29, 0.717) is 24.0 Å². The lowest BCUT2D eigenvalue weighted by Crippen LogP contribution is -2.46. The second kappa shape index (κ2) is 4.81. The van der Waals surface area contributed by atoms with Crippen LogP contribution in [-0.4, -0.2) is 43.7 Å². The highest BCUT2D eigenvalue weighted by atomic mass is 32.2. The molecule has 22 heavy (non-hydrogen) atoms. The molecule has 6 nitrogen and oxygen atoms in total. The molecular formula is C15H17N3O3S. The van der Waals surface area contributed by atoms with Crippen LogP contribution in [0.25, 0.3) is 0 Å². The molecule has 116 valence electrons. The van der Waals surface area contributed by atoms with Crippen LogP contribution in [-0.2, 0) is 14.8 Å². The summed E-state index contributed by atoms with van der Waals surface area (Å²) < 4.78 is 28.3. The molecule has 1 amide bonds. The van der Waals surface area contributed by atoms with Crippen LogP contribution in [0.1, 0.15) is 31.2 Å². The van der Waals surface area contributed by atoms with Crippen molar-refractivity contribution in [2.45, 2.75) is 42.7 Å². The van der Waals surface area contributed by atoms with Gasteiger partial charge in [-0.2, -0.15) is 8.42 Å². The summed E-state index contributed by atoms with van der Waals surface area (Å²) in [6.45, 7) is 0.658. The quantitative estimate of drug-likeness (QED) is 0.877. The van der Waals surface area contributed by atoms with Gasteiger partial charge in [-0.1, -0.05) is 12.1 Å². The second-order valence-corrected chi connectivity index (χ2v) is 7.59. The first-order chi connectivity index (χ1) is 10.6. The third-order valence-corrected chi connectivity index (χ3v) is 5.69. The van der Waals surface area contributed by atoms with Gasteiger partial charge in [0.25, 0.3) is 10.0 Å². The molecule has 0 unspecified atom stereocenters. The SMILES string of the molecule is O=C(NC1CC1)[C@@H]1CCCN1C1=NS(=O)(=O)c2ccccc21. The van der Waals surface area contributed by atoms with Crippen molar-refractivity contribution in [1.82, 2.24) is 10.2 Å². The Hall–Kier alpha value is -1.89. The van der Waals surface area contributed by atoms with Crippen LogP contribution in [0.3, 0.4) is 0 Å². The molecule has 3 aliphatic rings.